The van der Waals surface area contributed by atoms with Crippen molar-refractivity contribution in [1.29, 1.82) is 0 Å². The van der Waals surface area contributed by atoms with Crippen LogP contribution in [0.2, 0.25) is 0 Å². The lowest BCUT2D eigenvalue weighted by Crippen LogP contribution is -2.09. The molecule has 0 radical (unpaired) electrons. The number of phenolic OH excluding ortho intramolecular Hbond substituents is 1. The van der Waals surface area contributed by atoms with Crippen LogP contribution in [0.15, 0.2) is 60.9 Å². The number of hydrogen-bond donors (Lipinski definition) is 2. The van der Waals surface area contributed by atoms with Crippen LogP contribution >= 0.6 is 0 Å². The molecule has 2 aromatic carbocycles. The highest BCUT2D eigenvalue weighted by molar-refractivity contribution is 5.86. The smallest absolute Gasteiger partial charge is 0.116 e. The topological polar surface area (TPSA) is 53.4 Å². The van der Waals surface area contributed by atoms with Crippen molar-refractivity contribution >= 4 is 10.8 Å². The highest BCUT2D eigenvalue weighted by atomic mass is 16.3. The Labute approximate surface area is 136 Å². The van der Waals surface area contributed by atoms with Crippen molar-refractivity contribution in [3.05, 3.63) is 72.1 Å². The van der Waals surface area contributed by atoms with E-state index in [1.54, 1.807) is 18.3 Å². The summed E-state index contributed by atoms with van der Waals surface area (Å²) in [5.74, 6) is 0.283. The molecular formula is C20H21NO2. The van der Waals surface area contributed by atoms with Crippen molar-refractivity contribution in [1.82, 2.24) is 4.98 Å². The van der Waals surface area contributed by atoms with E-state index in [9.17, 15) is 10.2 Å². The summed E-state index contributed by atoms with van der Waals surface area (Å²) in [5.41, 5.74) is 2.37. The molecule has 0 aliphatic heterocycles. The second-order valence-corrected chi connectivity index (χ2v) is 5.92. The first-order valence-electron chi connectivity index (χ1n) is 8.00. The summed E-state index contributed by atoms with van der Waals surface area (Å²) >= 11 is 0. The number of nitrogens with zero attached hydrogens (tertiary/aromatic N) is 1. The normalized spacial score (nSPS) is 12.4. The van der Waals surface area contributed by atoms with E-state index in [-0.39, 0.29) is 11.9 Å². The summed E-state index contributed by atoms with van der Waals surface area (Å²) in [5, 5.41) is 22.0. The standard InChI is InChI=1S/C20H21NO2/c22-18(8-6-15-3-2-12-21-14-15)9-7-16-4-1-5-17-13-19(23)10-11-20(16)17/h1-5,10-14,18,22-23H,6-9H2. The summed E-state index contributed by atoms with van der Waals surface area (Å²) in [6, 6.07) is 15.5. The van der Waals surface area contributed by atoms with Crippen LogP contribution < -0.4 is 0 Å². The maximum absolute atomic E-state index is 10.2. The number of benzene rings is 2. The minimum absolute atomic E-state index is 0.283. The molecule has 0 amide bonds. The molecule has 1 heterocycles. The molecule has 23 heavy (non-hydrogen) atoms. The fourth-order valence-corrected chi connectivity index (χ4v) is 2.90. The minimum atomic E-state index is -0.317. The van der Waals surface area contributed by atoms with Gasteiger partial charge in [0, 0.05) is 12.4 Å². The first kappa shape index (κ1) is 15.5. The SMILES string of the molecule is Oc1ccc2c(CCC(O)CCc3cccnc3)cccc2c1. The number of phenols is 1. The monoisotopic (exact) mass is 307 g/mol. The first-order valence-corrected chi connectivity index (χ1v) is 8.00. The Morgan fingerprint density at radius 2 is 1.83 bits per heavy atom. The van der Waals surface area contributed by atoms with Gasteiger partial charge >= 0.3 is 0 Å². The third-order valence-electron chi connectivity index (χ3n) is 4.19. The molecule has 0 spiro atoms. The molecule has 118 valence electrons. The maximum atomic E-state index is 10.2. The number of hydrogen-bond acceptors (Lipinski definition) is 3. The highest BCUT2D eigenvalue weighted by Crippen LogP contribution is 2.24. The molecule has 1 aromatic heterocycles. The van der Waals surface area contributed by atoms with E-state index in [1.807, 2.05) is 36.5 Å². The first-order chi connectivity index (χ1) is 11.2. The summed E-state index contributed by atoms with van der Waals surface area (Å²) in [6.07, 6.45) is 6.46. The van der Waals surface area contributed by atoms with Gasteiger partial charge in [0.25, 0.3) is 0 Å². The highest BCUT2D eigenvalue weighted by Gasteiger charge is 2.08. The van der Waals surface area contributed by atoms with E-state index in [4.69, 9.17) is 0 Å². The van der Waals surface area contributed by atoms with Gasteiger partial charge in [0.1, 0.15) is 5.75 Å². The van der Waals surface area contributed by atoms with E-state index in [1.165, 1.54) is 5.56 Å². The molecule has 3 nitrogen and oxygen atoms in total. The number of aliphatic hydroxyl groups excluding tert-OH is 1. The van der Waals surface area contributed by atoms with Gasteiger partial charge in [-0.2, -0.15) is 0 Å². The van der Waals surface area contributed by atoms with Gasteiger partial charge < -0.3 is 10.2 Å². The molecule has 1 atom stereocenters. The number of aryl methyl sites for hydroxylation is 2. The summed E-state index contributed by atoms with van der Waals surface area (Å²) in [4.78, 5) is 4.10. The van der Waals surface area contributed by atoms with Gasteiger partial charge in [0.2, 0.25) is 0 Å². The predicted molar refractivity (Wildman–Crippen MR) is 92.5 cm³/mol. The summed E-state index contributed by atoms with van der Waals surface area (Å²) < 4.78 is 0. The number of aromatic nitrogens is 1. The maximum Gasteiger partial charge on any atom is 0.116 e. The molecular weight excluding hydrogens is 286 g/mol. The van der Waals surface area contributed by atoms with Gasteiger partial charge in [-0.25, -0.2) is 0 Å². The quantitative estimate of drug-likeness (QED) is 0.727. The Balaban J connectivity index is 1.60. The molecule has 1 unspecified atom stereocenters. The molecule has 0 saturated heterocycles. The van der Waals surface area contributed by atoms with E-state index in [0.717, 1.165) is 42.0 Å². The van der Waals surface area contributed by atoms with Gasteiger partial charge in [-0.3, -0.25) is 4.98 Å². The third kappa shape index (κ3) is 4.08. The molecule has 3 heteroatoms. The summed E-state index contributed by atoms with van der Waals surface area (Å²) in [7, 11) is 0. The fourth-order valence-electron chi connectivity index (χ4n) is 2.90. The van der Waals surface area contributed by atoms with Crippen LogP contribution in [0.3, 0.4) is 0 Å². The minimum Gasteiger partial charge on any atom is -0.508 e. The van der Waals surface area contributed by atoms with E-state index < -0.39 is 0 Å². The Morgan fingerprint density at radius 1 is 0.957 bits per heavy atom. The molecule has 3 aromatic rings. The lowest BCUT2D eigenvalue weighted by molar-refractivity contribution is 0.155. The van der Waals surface area contributed by atoms with Crippen molar-refractivity contribution in [3.8, 4) is 5.75 Å². The summed E-state index contributed by atoms with van der Waals surface area (Å²) in [6.45, 7) is 0. The van der Waals surface area contributed by atoms with Gasteiger partial charge in [-0.1, -0.05) is 30.3 Å². The zero-order valence-corrected chi connectivity index (χ0v) is 13.0. The number of pyridine rings is 1. The number of fused-ring (bicyclic) bond motifs is 1. The van der Waals surface area contributed by atoms with Crippen molar-refractivity contribution in [2.24, 2.45) is 0 Å². The van der Waals surface area contributed by atoms with Gasteiger partial charge in [-0.05, 0) is 65.8 Å². The number of aliphatic hydroxyl groups is 1. The van der Waals surface area contributed by atoms with Crippen molar-refractivity contribution in [3.63, 3.8) is 0 Å². The van der Waals surface area contributed by atoms with Crippen LogP contribution in [-0.2, 0) is 12.8 Å². The molecule has 0 aliphatic carbocycles. The third-order valence-corrected chi connectivity index (χ3v) is 4.19. The molecule has 0 bridgehead atoms. The van der Waals surface area contributed by atoms with Crippen LogP contribution in [0.25, 0.3) is 10.8 Å². The van der Waals surface area contributed by atoms with Crippen LogP contribution in [0.4, 0.5) is 0 Å². The van der Waals surface area contributed by atoms with Crippen molar-refractivity contribution in [2.45, 2.75) is 31.8 Å². The molecule has 0 fully saturated rings. The molecule has 3 rings (SSSR count). The number of rotatable bonds is 6. The Hall–Kier alpha value is -2.39. The van der Waals surface area contributed by atoms with Crippen LogP contribution in [-0.4, -0.2) is 21.3 Å². The second-order valence-electron chi connectivity index (χ2n) is 5.92. The zero-order valence-electron chi connectivity index (χ0n) is 13.0. The van der Waals surface area contributed by atoms with Crippen LogP contribution in [0.5, 0.6) is 5.75 Å². The number of aromatic hydroxyl groups is 1. The fraction of sp³-hybridized carbons (Fsp3) is 0.250. The van der Waals surface area contributed by atoms with Crippen molar-refractivity contribution < 1.29 is 10.2 Å². The van der Waals surface area contributed by atoms with Gasteiger partial charge in [0.05, 0.1) is 6.10 Å². The molecule has 2 N–H and O–H groups in total. The van der Waals surface area contributed by atoms with Crippen LogP contribution in [0, 0.1) is 0 Å². The average molecular weight is 307 g/mol. The second kappa shape index (κ2) is 7.25. The van der Waals surface area contributed by atoms with Crippen LogP contribution in [0.1, 0.15) is 24.0 Å². The van der Waals surface area contributed by atoms with E-state index >= 15 is 0 Å². The average Bonchev–Trinajstić information content (AvgIpc) is 2.58. The largest absolute Gasteiger partial charge is 0.508 e. The van der Waals surface area contributed by atoms with E-state index in [0.29, 0.717) is 0 Å². The Morgan fingerprint density at radius 3 is 2.65 bits per heavy atom. The Bertz CT molecular complexity index is 771. The molecule has 0 aliphatic rings. The lowest BCUT2D eigenvalue weighted by atomic mass is 9.97. The van der Waals surface area contributed by atoms with Gasteiger partial charge in [0.15, 0.2) is 0 Å². The van der Waals surface area contributed by atoms with E-state index in [2.05, 4.69) is 11.1 Å². The zero-order chi connectivity index (χ0) is 16.1. The molecule has 0 saturated carbocycles. The lowest BCUT2D eigenvalue weighted by Gasteiger charge is -2.12. The van der Waals surface area contributed by atoms with Crippen molar-refractivity contribution in [2.75, 3.05) is 0 Å². The van der Waals surface area contributed by atoms with Gasteiger partial charge in [-0.15, -0.1) is 0 Å². The Kier molecular flexibility index (Phi) is 4.89. The predicted octanol–water partition coefficient (Wildman–Crippen LogP) is 3.87.